The summed E-state index contributed by atoms with van der Waals surface area (Å²) in [6, 6.07) is 53.7. The quantitative estimate of drug-likeness (QED) is 0.193. The normalized spacial score (nSPS) is 11.5. The van der Waals surface area contributed by atoms with Gasteiger partial charge in [-0.1, -0.05) is 127 Å². The van der Waals surface area contributed by atoms with Crippen LogP contribution in [0.3, 0.4) is 0 Å². The molecule has 214 valence electrons. The lowest BCUT2D eigenvalue weighted by Gasteiger charge is -2.16. The van der Waals surface area contributed by atoms with Gasteiger partial charge >= 0.3 is 0 Å². The summed E-state index contributed by atoms with van der Waals surface area (Å²) in [6.45, 7) is 0. The molecule has 2 aromatic heterocycles. The Morgan fingerprint density at radius 1 is 0.326 bits per heavy atom. The van der Waals surface area contributed by atoms with Gasteiger partial charge < -0.3 is 0 Å². The van der Waals surface area contributed by atoms with Gasteiger partial charge in [-0.3, -0.25) is 4.98 Å². The van der Waals surface area contributed by atoms with E-state index >= 15 is 0 Å². The minimum atomic E-state index is 0.707. The van der Waals surface area contributed by atoms with E-state index in [0.29, 0.717) is 5.82 Å². The van der Waals surface area contributed by atoms with Crippen molar-refractivity contribution in [1.82, 2.24) is 15.0 Å². The summed E-state index contributed by atoms with van der Waals surface area (Å²) in [5, 5.41) is 9.94. The van der Waals surface area contributed by atoms with E-state index in [2.05, 4.69) is 126 Å². The number of hydrogen-bond donors (Lipinski definition) is 0. The van der Waals surface area contributed by atoms with E-state index in [1.165, 1.54) is 43.1 Å². The topological polar surface area (TPSA) is 38.7 Å². The number of benzene rings is 7. The Bertz CT molecular complexity index is 2560. The van der Waals surface area contributed by atoms with E-state index in [-0.39, 0.29) is 0 Å². The summed E-state index contributed by atoms with van der Waals surface area (Å²) in [5.74, 6) is 0.707. The van der Waals surface area contributed by atoms with Crippen molar-refractivity contribution in [2.45, 2.75) is 0 Å². The molecule has 3 nitrogen and oxygen atoms in total. The van der Waals surface area contributed by atoms with Crippen molar-refractivity contribution in [3.8, 4) is 45.0 Å². The third-order valence-electron chi connectivity index (χ3n) is 8.98. The smallest absolute Gasteiger partial charge is 0.160 e. The van der Waals surface area contributed by atoms with E-state index in [1.54, 1.807) is 0 Å². The maximum atomic E-state index is 5.25. The number of rotatable bonds is 4. The molecular weight excluding hydrogens is 558 g/mol. The molecule has 0 radical (unpaired) electrons. The third kappa shape index (κ3) is 4.33. The van der Waals surface area contributed by atoms with Crippen molar-refractivity contribution in [2.75, 3.05) is 0 Å². The van der Waals surface area contributed by atoms with Gasteiger partial charge in [0, 0.05) is 29.1 Å². The van der Waals surface area contributed by atoms with Gasteiger partial charge in [0.2, 0.25) is 0 Å². The van der Waals surface area contributed by atoms with E-state index in [0.717, 1.165) is 39.2 Å². The molecule has 0 saturated heterocycles. The maximum absolute atomic E-state index is 5.25. The van der Waals surface area contributed by atoms with Crippen LogP contribution >= 0.6 is 0 Å². The molecule has 0 aliphatic carbocycles. The largest absolute Gasteiger partial charge is 0.265 e. The fourth-order valence-corrected chi connectivity index (χ4v) is 6.81. The molecule has 9 rings (SSSR count). The summed E-state index contributed by atoms with van der Waals surface area (Å²) in [5.41, 5.74) is 7.19. The molecule has 0 spiro atoms. The first-order valence-corrected chi connectivity index (χ1v) is 15.5. The van der Waals surface area contributed by atoms with E-state index in [9.17, 15) is 0 Å². The Labute approximate surface area is 266 Å². The standard InChI is InChI=1S/C43H27N3/c1-2-10-31(11-3-1)43-45-40(30-20-18-28(19-21-30)29-22-24-44-25-23-29)27-41(46-43)38-26-39-34-14-5-4-12-32(34)33-13-6-8-16-36(33)42(39)37-17-9-7-15-35(37)38/h1-27H. The van der Waals surface area contributed by atoms with Crippen molar-refractivity contribution in [2.24, 2.45) is 0 Å². The van der Waals surface area contributed by atoms with E-state index in [4.69, 9.17) is 9.97 Å². The van der Waals surface area contributed by atoms with Crippen LogP contribution in [0.5, 0.6) is 0 Å². The number of pyridine rings is 1. The zero-order chi connectivity index (χ0) is 30.5. The highest BCUT2D eigenvalue weighted by molar-refractivity contribution is 6.32. The predicted molar refractivity (Wildman–Crippen MR) is 192 cm³/mol. The molecule has 0 N–H and O–H groups in total. The Morgan fingerprint density at radius 3 is 1.52 bits per heavy atom. The van der Waals surface area contributed by atoms with Gasteiger partial charge in [-0.2, -0.15) is 0 Å². The van der Waals surface area contributed by atoms with Crippen LogP contribution in [0.1, 0.15) is 0 Å². The van der Waals surface area contributed by atoms with Crippen molar-refractivity contribution >= 4 is 43.1 Å². The maximum Gasteiger partial charge on any atom is 0.160 e. The Kier molecular flexibility index (Phi) is 6.14. The van der Waals surface area contributed by atoms with Gasteiger partial charge in [-0.25, -0.2) is 9.97 Å². The first-order chi connectivity index (χ1) is 22.8. The summed E-state index contributed by atoms with van der Waals surface area (Å²) < 4.78 is 0. The minimum Gasteiger partial charge on any atom is -0.265 e. The second-order valence-corrected chi connectivity index (χ2v) is 11.6. The Morgan fingerprint density at radius 2 is 0.826 bits per heavy atom. The second-order valence-electron chi connectivity index (χ2n) is 11.6. The van der Waals surface area contributed by atoms with E-state index in [1.807, 2.05) is 42.7 Å². The van der Waals surface area contributed by atoms with Gasteiger partial charge in [0.15, 0.2) is 5.82 Å². The molecule has 2 heterocycles. The fourth-order valence-electron chi connectivity index (χ4n) is 6.81. The number of hydrogen-bond acceptors (Lipinski definition) is 3. The monoisotopic (exact) mass is 585 g/mol. The molecule has 9 aromatic rings. The third-order valence-corrected chi connectivity index (χ3v) is 8.98. The van der Waals surface area contributed by atoms with Crippen molar-refractivity contribution in [1.29, 1.82) is 0 Å². The summed E-state index contributed by atoms with van der Waals surface area (Å²) in [6.07, 6.45) is 3.65. The van der Waals surface area contributed by atoms with Crippen LogP contribution in [0.25, 0.3) is 88.1 Å². The number of fused-ring (bicyclic) bond motifs is 8. The highest BCUT2D eigenvalue weighted by atomic mass is 14.9. The van der Waals surface area contributed by atoms with Crippen LogP contribution in [0, 0.1) is 0 Å². The van der Waals surface area contributed by atoms with Gasteiger partial charge in [-0.15, -0.1) is 0 Å². The first-order valence-electron chi connectivity index (χ1n) is 15.5. The highest BCUT2D eigenvalue weighted by Gasteiger charge is 2.17. The first kappa shape index (κ1) is 26.2. The van der Waals surface area contributed by atoms with Crippen LogP contribution in [-0.4, -0.2) is 15.0 Å². The van der Waals surface area contributed by atoms with Crippen LogP contribution < -0.4 is 0 Å². The van der Waals surface area contributed by atoms with Crippen LogP contribution in [0.15, 0.2) is 164 Å². The molecule has 0 unspecified atom stereocenters. The van der Waals surface area contributed by atoms with Crippen LogP contribution in [0.2, 0.25) is 0 Å². The lowest BCUT2D eigenvalue weighted by atomic mass is 9.88. The molecule has 7 aromatic carbocycles. The fraction of sp³-hybridized carbons (Fsp3) is 0. The molecule has 0 aliphatic rings. The van der Waals surface area contributed by atoms with E-state index < -0.39 is 0 Å². The molecular formula is C43H27N3. The highest BCUT2D eigenvalue weighted by Crippen LogP contribution is 2.43. The molecule has 0 atom stereocenters. The zero-order valence-electron chi connectivity index (χ0n) is 24.9. The molecule has 0 aliphatic heterocycles. The number of nitrogens with zero attached hydrogens (tertiary/aromatic N) is 3. The number of aromatic nitrogens is 3. The Balaban J connectivity index is 1.33. The summed E-state index contributed by atoms with van der Waals surface area (Å²) in [4.78, 5) is 14.5. The predicted octanol–water partition coefficient (Wildman–Crippen LogP) is 11.2. The van der Waals surface area contributed by atoms with Crippen molar-refractivity contribution < 1.29 is 0 Å². The molecule has 0 amide bonds. The van der Waals surface area contributed by atoms with Crippen LogP contribution in [0.4, 0.5) is 0 Å². The Hall–Kier alpha value is -6.19. The second kappa shape index (κ2) is 10.8. The lowest BCUT2D eigenvalue weighted by Crippen LogP contribution is -1.97. The van der Waals surface area contributed by atoms with Gasteiger partial charge in [0.1, 0.15) is 0 Å². The van der Waals surface area contributed by atoms with Crippen molar-refractivity contribution in [3.05, 3.63) is 164 Å². The summed E-state index contributed by atoms with van der Waals surface area (Å²) in [7, 11) is 0. The zero-order valence-corrected chi connectivity index (χ0v) is 24.9. The molecule has 0 fully saturated rings. The average Bonchev–Trinajstić information content (AvgIpc) is 3.15. The lowest BCUT2D eigenvalue weighted by molar-refractivity contribution is 1.19. The SMILES string of the molecule is c1ccc(-c2nc(-c3ccc(-c4ccncc4)cc3)cc(-c3cc4c5ccccc5c5ccccc5c4c4ccccc34)n2)cc1. The van der Waals surface area contributed by atoms with Gasteiger partial charge in [-0.05, 0) is 78.5 Å². The van der Waals surface area contributed by atoms with Crippen molar-refractivity contribution in [3.63, 3.8) is 0 Å². The van der Waals surface area contributed by atoms with Gasteiger partial charge in [0.05, 0.1) is 11.4 Å². The minimum absolute atomic E-state index is 0.707. The average molecular weight is 586 g/mol. The molecule has 0 bridgehead atoms. The molecule has 3 heteroatoms. The van der Waals surface area contributed by atoms with Gasteiger partial charge in [0.25, 0.3) is 0 Å². The summed E-state index contributed by atoms with van der Waals surface area (Å²) >= 11 is 0. The molecule has 0 saturated carbocycles. The van der Waals surface area contributed by atoms with Crippen LogP contribution in [-0.2, 0) is 0 Å². The molecule has 46 heavy (non-hydrogen) atoms.